The monoisotopic (exact) mass is 440 g/mol. The van der Waals surface area contributed by atoms with Crippen molar-refractivity contribution in [3.05, 3.63) is 65.0 Å². The topological polar surface area (TPSA) is 0 Å². The van der Waals surface area contributed by atoms with E-state index >= 15 is 0 Å². The van der Waals surface area contributed by atoms with E-state index in [4.69, 9.17) is 0 Å². The van der Waals surface area contributed by atoms with Gasteiger partial charge in [-0.1, -0.05) is 38.3 Å². The van der Waals surface area contributed by atoms with E-state index in [-0.39, 0.29) is 23.1 Å². The minimum absolute atomic E-state index is 0.0181. The van der Waals surface area contributed by atoms with Crippen LogP contribution in [0.3, 0.4) is 0 Å². The van der Waals surface area contributed by atoms with Crippen LogP contribution in [0.15, 0.2) is 36.4 Å². The fraction of sp³-hybridized carbons (Fsp3) is 0.440. The van der Waals surface area contributed by atoms with Crippen LogP contribution in [0.25, 0.3) is 17.2 Å². The number of hydrogen-bond donors (Lipinski definition) is 0. The fourth-order valence-corrected chi connectivity index (χ4v) is 4.37. The minimum Gasteiger partial charge on any atom is -0.206 e. The van der Waals surface area contributed by atoms with E-state index in [9.17, 15) is 26.3 Å². The Labute approximate surface area is 179 Å². The van der Waals surface area contributed by atoms with Gasteiger partial charge in [0.2, 0.25) is 0 Å². The van der Waals surface area contributed by atoms with Crippen LogP contribution in [-0.2, 0) is 0 Å². The minimum atomic E-state index is -4.69. The first-order valence-corrected chi connectivity index (χ1v) is 10.7. The second kappa shape index (κ2) is 9.92. The highest BCUT2D eigenvalue weighted by Crippen LogP contribution is 2.39. The number of unbranched alkanes of at least 4 members (excludes halogenated alkanes) is 1. The molecule has 1 aliphatic carbocycles. The highest BCUT2D eigenvalue weighted by atomic mass is 19.4. The van der Waals surface area contributed by atoms with E-state index in [0.29, 0.717) is 6.08 Å². The van der Waals surface area contributed by atoms with Crippen molar-refractivity contribution >= 4 is 6.08 Å². The van der Waals surface area contributed by atoms with Crippen LogP contribution < -0.4 is 0 Å². The van der Waals surface area contributed by atoms with Gasteiger partial charge in [0, 0.05) is 17.2 Å². The third kappa shape index (κ3) is 6.14. The molecular weight excluding hydrogens is 414 g/mol. The molecule has 0 nitrogen and oxygen atoms in total. The molecule has 0 unspecified atom stereocenters. The number of halogens is 6. The van der Waals surface area contributed by atoms with Crippen LogP contribution in [0.2, 0.25) is 0 Å². The molecule has 0 amide bonds. The van der Waals surface area contributed by atoms with Crippen LogP contribution in [0.5, 0.6) is 0 Å². The molecule has 168 valence electrons. The van der Waals surface area contributed by atoms with Gasteiger partial charge in [0.25, 0.3) is 0 Å². The summed E-state index contributed by atoms with van der Waals surface area (Å²) in [5.41, 5.74) is 0.0369. The first-order chi connectivity index (χ1) is 14.7. The SMILES string of the molecule is CCCCC1CCC(c2ccc(-c3cc(F)c(/C=C/C(F)(F)F)c(F)c3)c(F)c2)CC1. The van der Waals surface area contributed by atoms with E-state index < -0.39 is 29.2 Å². The van der Waals surface area contributed by atoms with Crippen molar-refractivity contribution in [1.82, 2.24) is 0 Å². The molecule has 6 heteroatoms. The van der Waals surface area contributed by atoms with Crippen molar-refractivity contribution in [2.24, 2.45) is 5.92 Å². The molecule has 1 saturated carbocycles. The summed E-state index contributed by atoms with van der Waals surface area (Å²) in [6.45, 7) is 2.18. The predicted octanol–water partition coefficient (Wildman–Crippen LogP) is 8.81. The molecule has 0 aliphatic heterocycles. The van der Waals surface area contributed by atoms with Gasteiger partial charge >= 0.3 is 6.18 Å². The number of allylic oxidation sites excluding steroid dienone is 1. The Morgan fingerprint density at radius 2 is 1.55 bits per heavy atom. The van der Waals surface area contributed by atoms with Gasteiger partial charge in [-0.3, -0.25) is 0 Å². The van der Waals surface area contributed by atoms with E-state index in [1.807, 2.05) is 0 Å². The number of benzene rings is 2. The van der Waals surface area contributed by atoms with Gasteiger partial charge in [-0.25, -0.2) is 13.2 Å². The molecular formula is C25H26F6. The molecule has 0 saturated heterocycles. The Hall–Kier alpha value is -2.24. The summed E-state index contributed by atoms with van der Waals surface area (Å²) in [5.74, 6) is -1.95. The highest BCUT2D eigenvalue weighted by molar-refractivity contribution is 5.67. The van der Waals surface area contributed by atoms with Gasteiger partial charge < -0.3 is 0 Å². The van der Waals surface area contributed by atoms with Crippen molar-refractivity contribution in [2.75, 3.05) is 0 Å². The lowest BCUT2D eigenvalue weighted by molar-refractivity contribution is -0.0790. The molecule has 0 aromatic heterocycles. The Balaban J connectivity index is 1.77. The zero-order valence-corrected chi connectivity index (χ0v) is 17.4. The summed E-state index contributed by atoms with van der Waals surface area (Å²) in [7, 11) is 0. The third-order valence-corrected chi connectivity index (χ3v) is 6.11. The smallest absolute Gasteiger partial charge is 0.206 e. The van der Waals surface area contributed by atoms with Gasteiger partial charge in [-0.2, -0.15) is 13.2 Å². The molecule has 1 fully saturated rings. The molecule has 3 rings (SSSR count). The summed E-state index contributed by atoms with van der Waals surface area (Å²) in [6.07, 6.45) is 3.31. The second-order valence-electron chi connectivity index (χ2n) is 8.33. The molecule has 2 aromatic rings. The van der Waals surface area contributed by atoms with Crippen LogP contribution in [0.4, 0.5) is 26.3 Å². The maximum absolute atomic E-state index is 14.8. The van der Waals surface area contributed by atoms with Gasteiger partial charge in [0.05, 0.1) is 0 Å². The zero-order chi connectivity index (χ0) is 22.6. The van der Waals surface area contributed by atoms with Crippen molar-refractivity contribution in [3.8, 4) is 11.1 Å². The Morgan fingerprint density at radius 1 is 0.903 bits per heavy atom. The lowest BCUT2D eigenvalue weighted by atomic mass is 9.77. The van der Waals surface area contributed by atoms with E-state index in [1.165, 1.54) is 31.4 Å². The zero-order valence-electron chi connectivity index (χ0n) is 17.4. The van der Waals surface area contributed by atoms with E-state index in [2.05, 4.69) is 6.92 Å². The van der Waals surface area contributed by atoms with Crippen molar-refractivity contribution < 1.29 is 26.3 Å². The summed E-state index contributed by atoms with van der Waals surface area (Å²) in [5, 5.41) is 0. The van der Waals surface area contributed by atoms with Crippen LogP contribution >= 0.6 is 0 Å². The van der Waals surface area contributed by atoms with E-state index in [0.717, 1.165) is 49.3 Å². The maximum atomic E-state index is 14.8. The first kappa shape index (κ1) is 23.4. The quantitative estimate of drug-likeness (QED) is 0.394. The Morgan fingerprint density at radius 3 is 2.10 bits per heavy atom. The number of hydrogen-bond acceptors (Lipinski definition) is 0. The van der Waals surface area contributed by atoms with Gasteiger partial charge in [0.15, 0.2) is 0 Å². The van der Waals surface area contributed by atoms with Crippen LogP contribution in [0.1, 0.15) is 68.9 Å². The van der Waals surface area contributed by atoms with Gasteiger partial charge in [0.1, 0.15) is 17.5 Å². The third-order valence-electron chi connectivity index (χ3n) is 6.11. The average molecular weight is 440 g/mol. The molecule has 0 bridgehead atoms. The summed E-state index contributed by atoms with van der Waals surface area (Å²) in [4.78, 5) is 0. The molecule has 2 aromatic carbocycles. The average Bonchev–Trinajstić information content (AvgIpc) is 2.71. The van der Waals surface area contributed by atoms with Crippen LogP contribution in [-0.4, -0.2) is 6.18 Å². The molecule has 0 atom stereocenters. The standard InChI is InChI=1S/C25H26F6/c1-2-3-4-16-5-7-17(8-6-16)18-9-10-20(22(26)13-18)19-14-23(27)21(24(28)15-19)11-12-25(29,30)31/h9-17H,2-8H2,1H3/b12-11+. The molecule has 0 heterocycles. The first-order valence-electron chi connectivity index (χ1n) is 10.7. The normalized spacial score (nSPS) is 19.8. The summed E-state index contributed by atoms with van der Waals surface area (Å²) < 4.78 is 80.1. The van der Waals surface area contributed by atoms with Crippen LogP contribution in [0, 0.1) is 23.4 Å². The number of rotatable bonds is 6. The lowest BCUT2D eigenvalue weighted by Gasteiger charge is -2.29. The van der Waals surface area contributed by atoms with Crippen molar-refractivity contribution in [2.45, 2.75) is 64.0 Å². The summed E-state index contributed by atoms with van der Waals surface area (Å²) >= 11 is 0. The molecule has 31 heavy (non-hydrogen) atoms. The highest BCUT2D eigenvalue weighted by Gasteiger charge is 2.24. The number of alkyl halides is 3. The van der Waals surface area contributed by atoms with Gasteiger partial charge in [-0.05, 0) is 72.9 Å². The second-order valence-corrected chi connectivity index (χ2v) is 8.33. The lowest BCUT2D eigenvalue weighted by Crippen LogP contribution is -2.13. The molecule has 1 aliphatic rings. The van der Waals surface area contributed by atoms with Crippen molar-refractivity contribution in [1.29, 1.82) is 0 Å². The Bertz CT molecular complexity index is 897. The molecule has 0 radical (unpaired) electrons. The maximum Gasteiger partial charge on any atom is 0.409 e. The predicted molar refractivity (Wildman–Crippen MR) is 111 cm³/mol. The largest absolute Gasteiger partial charge is 0.409 e. The van der Waals surface area contributed by atoms with Crippen molar-refractivity contribution in [3.63, 3.8) is 0 Å². The van der Waals surface area contributed by atoms with E-state index in [1.54, 1.807) is 6.07 Å². The molecule has 0 spiro atoms. The van der Waals surface area contributed by atoms with Gasteiger partial charge in [-0.15, -0.1) is 0 Å². The summed E-state index contributed by atoms with van der Waals surface area (Å²) in [6, 6.07) is 6.40. The fourth-order valence-electron chi connectivity index (χ4n) is 4.37. The Kier molecular flexibility index (Phi) is 7.50. The molecule has 0 N–H and O–H groups in total.